The highest BCUT2D eigenvalue weighted by Crippen LogP contribution is 2.38. The van der Waals surface area contributed by atoms with E-state index in [1.807, 2.05) is 0 Å². The summed E-state index contributed by atoms with van der Waals surface area (Å²) < 4.78 is 18.4. The number of carbonyl (C=O) groups excluding carboxylic acids is 2. The minimum atomic E-state index is -0.910. The van der Waals surface area contributed by atoms with Crippen LogP contribution in [0.3, 0.4) is 0 Å². The minimum absolute atomic E-state index is 0.00692. The first-order chi connectivity index (χ1) is 16.7. The van der Waals surface area contributed by atoms with Crippen molar-refractivity contribution in [3.05, 3.63) is 83.7 Å². The van der Waals surface area contributed by atoms with Gasteiger partial charge in [-0.15, -0.1) is 0 Å². The summed E-state index contributed by atoms with van der Waals surface area (Å²) in [5.41, 5.74) is 15.3. The maximum Gasteiger partial charge on any atom is 0.311 e. The highest BCUT2D eigenvalue weighted by molar-refractivity contribution is 6.06. The maximum absolute atomic E-state index is 13.0. The lowest BCUT2D eigenvalue weighted by Gasteiger charge is -2.14. The van der Waals surface area contributed by atoms with Gasteiger partial charge < -0.3 is 21.3 Å². The number of benzene rings is 3. The zero-order valence-corrected chi connectivity index (χ0v) is 18.9. The molecule has 0 aliphatic heterocycles. The van der Waals surface area contributed by atoms with E-state index in [0.717, 1.165) is 5.56 Å². The van der Waals surface area contributed by atoms with Crippen LogP contribution in [0.2, 0.25) is 0 Å². The lowest BCUT2D eigenvalue weighted by atomic mass is 9.99. The summed E-state index contributed by atoms with van der Waals surface area (Å²) in [6.45, 7) is 0. The topological polar surface area (TPSA) is 133 Å². The number of anilines is 2. The lowest BCUT2D eigenvalue weighted by molar-refractivity contribution is -0.138. The zero-order chi connectivity index (χ0) is 25.4. The predicted molar refractivity (Wildman–Crippen MR) is 132 cm³/mol. The average Bonchev–Trinajstić information content (AvgIpc) is 2.83. The molecule has 0 aromatic heterocycles. The van der Waals surface area contributed by atoms with Gasteiger partial charge in [0.1, 0.15) is 5.82 Å². The second kappa shape index (κ2) is 11.6. The molecule has 0 unspecified atom stereocenters. The molecule has 0 radical (unpaired) electrons. The van der Waals surface area contributed by atoms with E-state index >= 15 is 0 Å². The number of esters is 1. The standard InChI is InChI=1S/C27H25FN2O5/c28-20-12-10-18(11-13-20)22(31)15-7-17-5-8-19(9-6-17)26-21(29)14-16-23(27(26)30)35-25(34)4-2-1-3-24(32)33/h5-16H,1-4,29-30H2,(H,32,33). The molecule has 0 saturated carbocycles. The molecule has 35 heavy (non-hydrogen) atoms. The van der Waals surface area contributed by atoms with E-state index in [-0.39, 0.29) is 30.1 Å². The number of aliphatic carboxylic acids is 1. The van der Waals surface area contributed by atoms with Gasteiger partial charge in [-0.2, -0.15) is 0 Å². The molecule has 5 N–H and O–H groups in total. The first-order valence-corrected chi connectivity index (χ1v) is 10.9. The maximum atomic E-state index is 13.0. The number of nitrogens with two attached hydrogens (primary N) is 2. The van der Waals surface area contributed by atoms with Crippen LogP contribution in [-0.4, -0.2) is 22.8 Å². The van der Waals surface area contributed by atoms with Crippen LogP contribution < -0.4 is 16.2 Å². The molecule has 0 spiro atoms. The second-order valence-corrected chi connectivity index (χ2v) is 7.84. The fourth-order valence-corrected chi connectivity index (χ4v) is 3.39. The SMILES string of the molecule is Nc1ccc(OC(=O)CCCCC(=O)O)c(N)c1-c1ccc(C=CC(=O)c2ccc(F)cc2)cc1. The van der Waals surface area contributed by atoms with Gasteiger partial charge in [0.05, 0.1) is 5.69 Å². The summed E-state index contributed by atoms with van der Waals surface area (Å²) in [6, 6.07) is 15.5. The van der Waals surface area contributed by atoms with E-state index in [2.05, 4.69) is 0 Å². The van der Waals surface area contributed by atoms with Gasteiger partial charge in [-0.3, -0.25) is 14.4 Å². The third kappa shape index (κ3) is 7.01. The Kier molecular flexibility index (Phi) is 8.34. The summed E-state index contributed by atoms with van der Waals surface area (Å²) in [5.74, 6) is -1.91. The molecule has 0 aliphatic carbocycles. The number of carbonyl (C=O) groups is 3. The van der Waals surface area contributed by atoms with Crippen LogP contribution in [0.15, 0.2) is 66.7 Å². The van der Waals surface area contributed by atoms with E-state index in [1.165, 1.54) is 36.4 Å². The fourth-order valence-electron chi connectivity index (χ4n) is 3.39. The summed E-state index contributed by atoms with van der Waals surface area (Å²) in [5, 5.41) is 8.67. The van der Waals surface area contributed by atoms with E-state index in [1.54, 1.807) is 36.4 Å². The summed E-state index contributed by atoms with van der Waals surface area (Å²) >= 11 is 0. The fraction of sp³-hybridized carbons (Fsp3) is 0.148. The highest BCUT2D eigenvalue weighted by atomic mass is 19.1. The van der Waals surface area contributed by atoms with Crippen molar-refractivity contribution in [1.82, 2.24) is 0 Å². The third-order valence-corrected chi connectivity index (χ3v) is 5.24. The van der Waals surface area contributed by atoms with Gasteiger partial charge in [0.25, 0.3) is 0 Å². The lowest BCUT2D eigenvalue weighted by Crippen LogP contribution is -2.10. The number of ether oxygens (including phenoxy) is 1. The number of hydrogen-bond acceptors (Lipinski definition) is 6. The van der Waals surface area contributed by atoms with Crippen LogP contribution in [0, 0.1) is 5.82 Å². The largest absolute Gasteiger partial charge is 0.481 e. The molecule has 0 heterocycles. The number of carboxylic acids is 1. The van der Waals surface area contributed by atoms with Gasteiger partial charge in [-0.25, -0.2) is 4.39 Å². The van der Waals surface area contributed by atoms with Gasteiger partial charge in [0.15, 0.2) is 11.5 Å². The van der Waals surface area contributed by atoms with Crippen LogP contribution in [0.1, 0.15) is 41.6 Å². The number of halogens is 1. The molecule has 0 amide bonds. The number of rotatable bonds is 10. The Labute approximate surface area is 201 Å². The monoisotopic (exact) mass is 476 g/mol. The van der Waals surface area contributed by atoms with Crippen LogP contribution in [-0.2, 0) is 9.59 Å². The Morgan fingerprint density at radius 2 is 1.54 bits per heavy atom. The van der Waals surface area contributed by atoms with Crippen molar-refractivity contribution in [2.24, 2.45) is 0 Å². The van der Waals surface area contributed by atoms with Gasteiger partial charge in [-0.1, -0.05) is 30.3 Å². The molecule has 3 aromatic carbocycles. The number of unbranched alkanes of at least 4 members (excludes halogenated alkanes) is 1. The summed E-state index contributed by atoms with van der Waals surface area (Å²) in [7, 11) is 0. The summed E-state index contributed by atoms with van der Waals surface area (Å²) in [6.07, 6.45) is 3.89. The molecule has 0 fully saturated rings. The molecule has 0 aliphatic rings. The van der Waals surface area contributed by atoms with Crippen molar-refractivity contribution in [3.63, 3.8) is 0 Å². The summed E-state index contributed by atoms with van der Waals surface area (Å²) in [4.78, 5) is 34.9. The molecule has 0 atom stereocenters. The average molecular weight is 477 g/mol. The van der Waals surface area contributed by atoms with E-state index < -0.39 is 17.8 Å². The first kappa shape index (κ1) is 25.2. The number of ketones is 1. The normalized spacial score (nSPS) is 10.9. The van der Waals surface area contributed by atoms with Crippen LogP contribution in [0.5, 0.6) is 5.75 Å². The number of carboxylic acid groups (broad SMARTS) is 1. The van der Waals surface area contributed by atoms with E-state index in [9.17, 15) is 18.8 Å². The van der Waals surface area contributed by atoms with Gasteiger partial charge in [-0.05, 0) is 66.4 Å². The molecule has 0 bridgehead atoms. The van der Waals surface area contributed by atoms with Crippen molar-refractivity contribution in [2.45, 2.75) is 25.7 Å². The zero-order valence-electron chi connectivity index (χ0n) is 18.9. The minimum Gasteiger partial charge on any atom is -0.481 e. The predicted octanol–water partition coefficient (Wildman–Crippen LogP) is 5.10. The molecule has 0 saturated heterocycles. The van der Waals surface area contributed by atoms with Crippen molar-refractivity contribution in [3.8, 4) is 16.9 Å². The molecular weight excluding hydrogens is 451 g/mol. The van der Waals surface area contributed by atoms with Crippen molar-refractivity contribution in [1.29, 1.82) is 0 Å². The highest BCUT2D eigenvalue weighted by Gasteiger charge is 2.15. The number of hydrogen-bond donors (Lipinski definition) is 3. The Hall–Kier alpha value is -4.46. The van der Waals surface area contributed by atoms with Crippen LogP contribution in [0.4, 0.5) is 15.8 Å². The molecule has 7 nitrogen and oxygen atoms in total. The molecule has 3 rings (SSSR count). The van der Waals surface area contributed by atoms with Gasteiger partial charge in [0, 0.05) is 29.7 Å². The number of allylic oxidation sites excluding steroid dienone is 1. The molecule has 8 heteroatoms. The van der Waals surface area contributed by atoms with Crippen LogP contribution >= 0.6 is 0 Å². The Morgan fingerprint density at radius 1 is 0.886 bits per heavy atom. The Bertz CT molecular complexity index is 1250. The quantitative estimate of drug-likeness (QED) is 0.0925. The smallest absolute Gasteiger partial charge is 0.311 e. The Balaban J connectivity index is 1.70. The molecular formula is C27H25FN2O5. The molecule has 3 aromatic rings. The molecule has 180 valence electrons. The van der Waals surface area contributed by atoms with Gasteiger partial charge >= 0.3 is 11.9 Å². The van der Waals surface area contributed by atoms with Crippen molar-refractivity contribution >= 4 is 35.2 Å². The first-order valence-electron chi connectivity index (χ1n) is 10.9. The third-order valence-electron chi connectivity index (χ3n) is 5.24. The van der Waals surface area contributed by atoms with Crippen molar-refractivity contribution < 1.29 is 28.6 Å². The number of nitrogen functional groups attached to an aromatic ring is 2. The van der Waals surface area contributed by atoms with Crippen molar-refractivity contribution in [2.75, 3.05) is 11.5 Å². The van der Waals surface area contributed by atoms with E-state index in [4.69, 9.17) is 21.3 Å². The van der Waals surface area contributed by atoms with E-state index in [0.29, 0.717) is 35.2 Å². The van der Waals surface area contributed by atoms with Crippen LogP contribution in [0.25, 0.3) is 17.2 Å². The Morgan fingerprint density at radius 3 is 2.20 bits per heavy atom. The second-order valence-electron chi connectivity index (χ2n) is 7.84. The van der Waals surface area contributed by atoms with Gasteiger partial charge in [0.2, 0.25) is 0 Å².